The molecule has 1 N–H and O–H groups in total. The predicted molar refractivity (Wildman–Crippen MR) is 80.3 cm³/mol. The van der Waals surface area contributed by atoms with E-state index in [9.17, 15) is 0 Å². The van der Waals surface area contributed by atoms with E-state index in [1.807, 2.05) is 0 Å². The highest BCUT2D eigenvalue weighted by atomic mass is 79.9. The molecule has 0 atom stereocenters. The fourth-order valence-electron chi connectivity index (χ4n) is 1.45. The van der Waals surface area contributed by atoms with Gasteiger partial charge in [-0.3, -0.25) is 0 Å². The number of hydrogen-bond acceptors (Lipinski definition) is 5. The second-order valence-corrected chi connectivity index (χ2v) is 6.89. The quantitative estimate of drug-likeness (QED) is 0.828. The predicted octanol–water partition coefficient (Wildman–Crippen LogP) is 4.17. The van der Waals surface area contributed by atoms with Crippen LogP contribution in [0.25, 0.3) is 0 Å². The van der Waals surface area contributed by atoms with E-state index in [0.717, 1.165) is 21.2 Å². The molecule has 0 unspecified atom stereocenters. The molecule has 18 heavy (non-hydrogen) atoms. The summed E-state index contributed by atoms with van der Waals surface area (Å²) in [5.74, 6) is 1.74. The topological polar surface area (TPSA) is 37.8 Å². The third-order valence-electron chi connectivity index (χ3n) is 2.55. The van der Waals surface area contributed by atoms with Gasteiger partial charge in [0.05, 0.1) is 5.75 Å². The van der Waals surface area contributed by atoms with Crippen molar-refractivity contribution in [2.75, 3.05) is 5.32 Å². The number of hydrogen-bond donors (Lipinski definition) is 1. The second-order valence-electron chi connectivity index (χ2n) is 4.18. The first-order chi connectivity index (χ1) is 8.79. The van der Waals surface area contributed by atoms with E-state index < -0.39 is 0 Å². The van der Waals surface area contributed by atoms with Gasteiger partial charge in [0, 0.05) is 26.9 Å². The monoisotopic (exact) mass is 341 g/mol. The molecule has 1 aliphatic rings. The Bertz CT molecular complexity index is 522. The highest BCUT2D eigenvalue weighted by Gasteiger charge is 2.22. The minimum atomic E-state index is 0.643. The van der Waals surface area contributed by atoms with E-state index in [1.54, 1.807) is 11.8 Å². The van der Waals surface area contributed by atoms with Gasteiger partial charge >= 0.3 is 0 Å². The fourth-order valence-corrected chi connectivity index (χ4v) is 3.21. The lowest BCUT2D eigenvalue weighted by molar-refractivity contribution is 1.09. The molecule has 1 saturated carbocycles. The van der Waals surface area contributed by atoms with Crippen LogP contribution in [0.4, 0.5) is 5.13 Å². The Morgan fingerprint density at radius 1 is 1.33 bits per heavy atom. The SMILES string of the molecule is Brc1ccc(SCc2nsc(NC3CC3)n2)cc1. The maximum Gasteiger partial charge on any atom is 0.202 e. The van der Waals surface area contributed by atoms with Gasteiger partial charge in [0.25, 0.3) is 0 Å². The van der Waals surface area contributed by atoms with E-state index in [-0.39, 0.29) is 0 Å². The summed E-state index contributed by atoms with van der Waals surface area (Å²) in [7, 11) is 0. The molecule has 0 aliphatic heterocycles. The number of benzene rings is 1. The molecule has 0 amide bonds. The third kappa shape index (κ3) is 3.46. The van der Waals surface area contributed by atoms with Crippen LogP contribution in [0, 0.1) is 0 Å². The number of rotatable bonds is 5. The van der Waals surface area contributed by atoms with Crippen molar-refractivity contribution >= 4 is 44.4 Å². The molecule has 0 spiro atoms. The zero-order chi connectivity index (χ0) is 12.4. The molecule has 0 radical (unpaired) electrons. The van der Waals surface area contributed by atoms with Gasteiger partial charge in [0.2, 0.25) is 5.13 Å². The van der Waals surface area contributed by atoms with Gasteiger partial charge in [-0.2, -0.15) is 4.37 Å². The number of anilines is 1. The van der Waals surface area contributed by atoms with Crippen LogP contribution in [-0.2, 0) is 5.75 Å². The number of thioether (sulfide) groups is 1. The summed E-state index contributed by atoms with van der Waals surface area (Å²) in [6.45, 7) is 0. The molecule has 1 fully saturated rings. The Labute approximate surface area is 123 Å². The molecule has 1 aliphatic carbocycles. The average molecular weight is 342 g/mol. The van der Waals surface area contributed by atoms with Gasteiger partial charge in [-0.05, 0) is 37.1 Å². The molecule has 1 heterocycles. The zero-order valence-corrected chi connectivity index (χ0v) is 12.8. The first-order valence-corrected chi connectivity index (χ1v) is 8.32. The molecular weight excluding hydrogens is 330 g/mol. The van der Waals surface area contributed by atoms with Gasteiger partial charge in [0.15, 0.2) is 5.82 Å². The van der Waals surface area contributed by atoms with Gasteiger partial charge in [-0.25, -0.2) is 4.98 Å². The van der Waals surface area contributed by atoms with Crippen LogP contribution in [-0.4, -0.2) is 15.4 Å². The molecule has 3 rings (SSSR count). The summed E-state index contributed by atoms with van der Waals surface area (Å²) < 4.78 is 5.47. The number of halogens is 1. The minimum absolute atomic E-state index is 0.643. The first-order valence-electron chi connectivity index (χ1n) is 5.77. The molecule has 6 heteroatoms. The van der Waals surface area contributed by atoms with Crippen LogP contribution in [0.1, 0.15) is 18.7 Å². The molecular formula is C12H12BrN3S2. The molecule has 3 nitrogen and oxygen atoms in total. The van der Waals surface area contributed by atoms with E-state index in [0.29, 0.717) is 6.04 Å². The minimum Gasteiger partial charge on any atom is -0.358 e. The summed E-state index contributed by atoms with van der Waals surface area (Å²) in [4.78, 5) is 5.73. The summed E-state index contributed by atoms with van der Waals surface area (Å²) in [6, 6.07) is 8.95. The molecule has 1 aromatic carbocycles. The molecule has 94 valence electrons. The first kappa shape index (κ1) is 12.4. The Morgan fingerprint density at radius 2 is 2.11 bits per heavy atom. The van der Waals surface area contributed by atoms with Crippen LogP contribution in [0.3, 0.4) is 0 Å². The van der Waals surface area contributed by atoms with Crippen molar-refractivity contribution in [2.45, 2.75) is 29.5 Å². The van der Waals surface area contributed by atoms with Crippen molar-refractivity contribution < 1.29 is 0 Å². The normalized spacial score (nSPS) is 14.7. The Morgan fingerprint density at radius 3 is 2.83 bits per heavy atom. The molecule has 0 saturated heterocycles. The van der Waals surface area contributed by atoms with Crippen LogP contribution in [0.15, 0.2) is 33.6 Å². The lowest BCUT2D eigenvalue weighted by Crippen LogP contribution is -1.99. The summed E-state index contributed by atoms with van der Waals surface area (Å²) >= 11 is 6.66. The summed E-state index contributed by atoms with van der Waals surface area (Å²) in [5.41, 5.74) is 0. The Hall–Kier alpha value is -0.590. The Kier molecular flexibility index (Phi) is 3.86. The van der Waals surface area contributed by atoms with Crippen molar-refractivity contribution in [3.8, 4) is 0 Å². The molecule has 2 aromatic rings. The largest absolute Gasteiger partial charge is 0.358 e. The maximum atomic E-state index is 4.49. The van der Waals surface area contributed by atoms with Crippen LogP contribution >= 0.6 is 39.2 Å². The summed E-state index contributed by atoms with van der Waals surface area (Å²) in [6.07, 6.45) is 2.53. The van der Waals surface area contributed by atoms with E-state index in [1.165, 1.54) is 29.3 Å². The van der Waals surface area contributed by atoms with Crippen molar-refractivity contribution in [2.24, 2.45) is 0 Å². The van der Waals surface area contributed by atoms with Crippen molar-refractivity contribution in [1.82, 2.24) is 9.36 Å². The standard InChI is InChI=1S/C12H12BrN3S2/c13-8-1-5-10(6-2-8)17-7-11-15-12(18-16-11)14-9-3-4-9/h1-2,5-6,9H,3-4,7H2,(H,14,15,16). The second kappa shape index (κ2) is 5.59. The highest BCUT2D eigenvalue weighted by Crippen LogP contribution is 2.27. The van der Waals surface area contributed by atoms with Crippen molar-refractivity contribution in [3.05, 3.63) is 34.6 Å². The smallest absolute Gasteiger partial charge is 0.202 e. The molecule has 0 bridgehead atoms. The van der Waals surface area contributed by atoms with Gasteiger partial charge in [-0.15, -0.1) is 11.8 Å². The molecule has 1 aromatic heterocycles. The van der Waals surface area contributed by atoms with Crippen molar-refractivity contribution in [3.63, 3.8) is 0 Å². The zero-order valence-electron chi connectivity index (χ0n) is 9.60. The van der Waals surface area contributed by atoms with Crippen molar-refractivity contribution in [1.29, 1.82) is 0 Å². The van der Waals surface area contributed by atoms with E-state index in [2.05, 4.69) is 54.9 Å². The highest BCUT2D eigenvalue weighted by molar-refractivity contribution is 9.10. The maximum absolute atomic E-state index is 4.49. The average Bonchev–Trinajstić information content (AvgIpc) is 3.07. The van der Waals surface area contributed by atoms with Crippen LogP contribution in [0.5, 0.6) is 0 Å². The van der Waals surface area contributed by atoms with Gasteiger partial charge < -0.3 is 5.32 Å². The van der Waals surface area contributed by atoms with Gasteiger partial charge in [-0.1, -0.05) is 15.9 Å². The number of nitrogens with one attached hydrogen (secondary N) is 1. The Balaban J connectivity index is 1.55. The lowest BCUT2D eigenvalue weighted by Gasteiger charge is -1.98. The van der Waals surface area contributed by atoms with Gasteiger partial charge in [0.1, 0.15) is 0 Å². The third-order valence-corrected chi connectivity index (χ3v) is 4.78. The number of nitrogens with zero attached hydrogens (tertiary/aromatic N) is 2. The van der Waals surface area contributed by atoms with Crippen LogP contribution < -0.4 is 5.32 Å². The van der Waals surface area contributed by atoms with E-state index >= 15 is 0 Å². The summed E-state index contributed by atoms with van der Waals surface area (Å²) in [5, 5.41) is 4.33. The lowest BCUT2D eigenvalue weighted by atomic mass is 10.4. The van der Waals surface area contributed by atoms with Crippen LogP contribution in [0.2, 0.25) is 0 Å². The van der Waals surface area contributed by atoms with E-state index in [4.69, 9.17) is 0 Å². The number of aromatic nitrogens is 2. The fraction of sp³-hybridized carbons (Fsp3) is 0.333.